The zero-order valence-corrected chi connectivity index (χ0v) is 20.0. The Morgan fingerprint density at radius 2 is 2.00 bits per heavy atom. The van der Waals surface area contributed by atoms with Crippen molar-refractivity contribution in [1.29, 1.82) is 5.26 Å². The molecule has 8 nitrogen and oxygen atoms in total. The number of pyridine rings is 1. The van der Waals surface area contributed by atoms with Crippen LogP contribution in [0.5, 0.6) is 0 Å². The van der Waals surface area contributed by atoms with Gasteiger partial charge in [-0.25, -0.2) is 0 Å². The summed E-state index contributed by atoms with van der Waals surface area (Å²) in [5.74, 6) is -0.0426. The number of thiocarbonyl (C=S) groups is 1. The summed E-state index contributed by atoms with van der Waals surface area (Å²) in [7, 11) is 0. The number of carboxylic acid groups (broad SMARTS) is 1. The zero-order chi connectivity index (χ0) is 23.6. The van der Waals surface area contributed by atoms with Gasteiger partial charge in [0.15, 0.2) is 0 Å². The standard InChI is InChI=1S/C22H26N4O4S2/c1-4-25-19(24-8-5-13(2)6-9-24)15(14(3)16(12-23)20(25)29)11-17-21(30)26(22(31)32-17)10-7-18(27)28/h11,13H,4-10H2,1-3H3,(H,27,28)/b17-11+. The van der Waals surface area contributed by atoms with Crippen LogP contribution in [0, 0.1) is 24.2 Å². The minimum atomic E-state index is -1.01. The highest BCUT2D eigenvalue weighted by molar-refractivity contribution is 8.26. The zero-order valence-electron chi connectivity index (χ0n) is 18.4. The number of hydrogen-bond acceptors (Lipinski definition) is 7. The molecule has 0 unspecified atom stereocenters. The maximum atomic E-state index is 13.0. The minimum absolute atomic E-state index is 0.00506. The van der Waals surface area contributed by atoms with E-state index in [0.29, 0.717) is 32.8 Å². The first-order valence-corrected chi connectivity index (χ1v) is 11.8. The van der Waals surface area contributed by atoms with Crippen LogP contribution < -0.4 is 10.5 Å². The van der Waals surface area contributed by atoms with Gasteiger partial charge in [0.05, 0.1) is 11.3 Å². The molecular formula is C22H26N4O4S2. The third kappa shape index (κ3) is 4.59. The Morgan fingerprint density at radius 1 is 1.34 bits per heavy atom. The first kappa shape index (κ1) is 24.0. The molecule has 1 amide bonds. The van der Waals surface area contributed by atoms with Crippen LogP contribution in [0.3, 0.4) is 0 Å². The summed E-state index contributed by atoms with van der Waals surface area (Å²) in [6.45, 7) is 7.77. The van der Waals surface area contributed by atoms with E-state index in [4.69, 9.17) is 17.3 Å². The molecule has 2 saturated heterocycles. The Labute approximate surface area is 196 Å². The molecule has 0 spiro atoms. The number of anilines is 1. The Balaban J connectivity index is 2.14. The smallest absolute Gasteiger partial charge is 0.305 e. The van der Waals surface area contributed by atoms with E-state index in [-0.39, 0.29) is 30.0 Å². The fourth-order valence-corrected chi connectivity index (χ4v) is 5.32. The first-order valence-electron chi connectivity index (χ1n) is 10.6. The summed E-state index contributed by atoms with van der Waals surface area (Å²) < 4.78 is 1.91. The average molecular weight is 475 g/mol. The summed E-state index contributed by atoms with van der Waals surface area (Å²) >= 11 is 6.41. The van der Waals surface area contributed by atoms with Crippen LogP contribution >= 0.6 is 24.0 Å². The van der Waals surface area contributed by atoms with Crippen molar-refractivity contribution in [3.05, 3.63) is 31.9 Å². The third-order valence-electron chi connectivity index (χ3n) is 5.94. The molecule has 2 fully saturated rings. The highest BCUT2D eigenvalue weighted by Gasteiger charge is 2.33. The van der Waals surface area contributed by atoms with Crippen molar-refractivity contribution >= 4 is 52.1 Å². The van der Waals surface area contributed by atoms with Crippen LogP contribution in [0.2, 0.25) is 0 Å². The molecule has 0 radical (unpaired) electrons. The van der Waals surface area contributed by atoms with Gasteiger partial charge in [-0.2, -0.15) is 5.26 Å². The monoisotopic (exact) mass is 474 g/mol. The van der Waals surface area contributed by atoms with Crippen LogP contribution in [0.15, 0.2) is 9.70 Å². The lowest BCUT2D eigenvalue weighted by molar-refractivity contribution is -0.137. The maximum absolute atomic E-state index is 13.0. The maximum Gasteiger partial charge on any atom is 0.305 e. The summed E-state index contributed by atoms with van der Waals surface area (Å²) in [5.41, 5.74) is 0.934. The van der Waals surface area contributed by atoms with Gasteiger partial charge in [-0.15, -0.1) is 0 Å². The van der Waals surface area contributed by atoms with Gasteiger partial charge in [0.1, 0.15) is 21.8 Å². The summed E-state index contributed by atoms with van der Waals surface area (Å²) in [4.78, 5) is 40.7. The van der Waals surface area contributed by atoms with Crippen molar-refractivity contribution in [2.75, 3.05) is 24.5 Å². The van der Waals surface area contributed by atoms with Gasteiger partial charge in [-0.05, 0) is 44.2 Å². The lowest BCUT2D eigenvalue weighted by Crippen LogP contribution is -2.39. The number of rotatable bonds is 6. The number of nitriles is 1. The average Bonchev–Trinajstić information content (AvgIpc) is 3.01. The number of carboxylic acids is 1. The van der Waals surface area contributed by atoms with Crippen LogP contribution in [0.1, 0.15) is 49.8 Å². The molecule has 0 bridgehead atoms. The van der Waals surface area contributed by atoms with E-state index in [2.05, 4.69) is 11.8 Å². The topological polar surface area (TPSA) is 107 Å². The minimum Gasteiger partial charge on any atom is -0.481 e. The van der Waals surface area contributed by atoms with Crippen LogP contribution in [0.25, 0.3) is 6.08 Å². The Morgan fingerprint density at radius 3 is 2.56 bits per heavy atom. The van der Waals surface area contributed by atoms with Crippen molar-refractivity contribution in [2.24, 2.45) is 5.92 Å². The second kappa shape index (κ2) is 9.88. The fraction of sp³-hybridized carbons (Fsp3) is 0.500. The normalized spacial score (nSPS) is 18.5. The first-order chi connectivity index (χ1) is 15.2. The predicted molar refractivity (Wildman–Crippen MR) is 129 cm³/mol. The summed E-state index contributed by atoms with van der Waals surface area (Å²) in [6, 6.07) is 2.03. The molecule has 1 N–H and O–H groups in total. The molecule has 0 aromatic carbocycles. The Bertz CT molecular complexity index is 1090. The molecule has 170 valence electrons. The number of thioether (sulfide) groups is 1. The number of amides is 1. The quantitative estimate of drug-likeness (QED) is 0.495. The van der Waals surface area contributed by atoms with E-state index >= 15 is 0 Å². The fourth-order valence-electron chi connectivity index (χ4n) is 4.03. The van der Waals surface area contributed by atoms with E-state index in [0.717, 1.165) is 43.5 Å². The van der Waals surface area contributed by atoms with Gasteiger partial charge in [0, 0.05) is 31.7 Å². The number of aromatic nitrogens is 1. The summed E-state index contributed by atoms with van der Waals surface area (Å²) in [5, 5.41) is 18.6. The molecule has 3 rings (SSSR count). The molecule has 0 aliphatic carbocycles. The molecule has 0 saturated carbocycles. The number of carbonyl (C=O) groups excluding carboxylic acids is 1. The van der Waals surface area contributed by atoms with Gasteiger partial charge in [0.25, 0.3) is 11.5 Å². The number of carbonyl (C=O) groups is 2. The van der Waals surface area contributed by atoms with Crippen molar-refractivity contribution in [1.82, 2.24) is 9.47 Å². The lowest BCUT2D eigenvalue weighted by atomic mass is 9.97. The molecule has 1 aromatic rings. The van der Waals surface area contributed by atoms with Crippen molar-refractivity contribution in [3.63, 3.8) is 0 Å². The Hall–Kier alpha value is -2.64. The molecule has 3 heterocycles. The molecule has 1 aromatic heterocycles. The molecule has 0 atom stereocenters. The third-order valence-corrected chi connectivity index (χ3v) is 7.32. The van der Waals surface area contributed by atoms with Gasteiger partial charge in [0.2, 0.25) is 0 Å². The van der Waals surface area contributed by atoms with E-state index in [9.17, 15) is 19.6 Å². The number of aliphatic carboxylic acids is 1. The van der Waals surface area contributed by atoms with Gasteiger partial charge >= 0.3 is 5.97 Å². The van der Waals surface area contributed by atoms with E-state index < -0.39 is 5.97 Å². The second-order valence-corrected chi connectivity index (χ2v) is 9.72. The lowest BCUT2D eigenvalue weighted by Gasteiger charge is -2.35. The van der Waals surface area contributed by atoms with E-state index in [1.807, 2.05) is 13.0 Å². The molecule has 32 heavy (non-hydrogen) atoms. The van der Waals surface area contributed by atoms with Crippen LogP contribution in [-0.2, 0) is 16.1 Å². The highest BCUT2D eigenvalue weighted by Crippen LogP contribution is 2.36. The molecule has 10 heteroatoms. The largest absolute Gasteiger partial charge is 0.481 e. The van der Waals surface area contributed by atoms with Gasteiger partial charge < -0.3 is 10.0 Å². The van der Waals surface area contributed by atoms with E-state index in [1.165, 1.54) is 4.90 Å². The molecule has 2 aliphatic rings. The van der Waals surface area contributed by atoms with E-state index in [1.54, 1.807) is 17.6 Å². The number of nitrogens with zero attached hydrogens (tertiary/aromatic N) is 4. The van der Waals surface area contributed by atoms with Crippen LogP contribution in [-0.4, -0.2) is 50.4 Å². The number of piperidine rings is 1. The second-order valence-electron chi connectivity index (χ2n) is 8.05. The van der Waals surface area contributed by atoms with Gasteiger partial charge in [-0.3, -0.25) is 23.9 Å². The van der Waals surface area contributed by atoms with Crippen molar-refractivity contribution < 1.29 is 14.7 Å². The molecule has 2 aliphatic heterocycles. The molecular weight excluding hydrogens is 448 g/mol. The van der Waals surface area contributed by atoms with Crippen LogP contribution in [0.4, 0.5) is 5.82 Å². The number of hydrogen-bond donors (Lipinski definition) is 1. The Kier molecular flexibility index (Phi) is 7.41. The van der Waals surface area contributed by atoms with Crippen molar-refractivity contribution in [2.45, 2.75) is 46.6 Å². The van der Waals surface area contributed by atoms with Gasteiger partial charge in [-0.1, -0.05) is 30.9 Å². The summed E-state index contributed by atoms with van der Waals surface area (Å²) in [6.07, 6.45) is 3.49. The SMILES string of the molecule is CCn1c(N2CCC(C)CC2)c(/C=C2/SC(=S)N(CCC(=O)O)C2=O)c(C)c(C#N)c1=O. The highest BCUT2D eigenvalue weighted by atomic mass is 32.2. The van der Waals surface area contributed by atoms with Crippen molar-refractivity contribution in [3.8, 4) is 6.07 Å². The predicted octanol–water partition coefficient (Wildman–Crippen LogP) is 2.96.